The predicted molar refractivity (Wildman–Crippen MR) is 99.5 cm³/mol. The van der Waals surface area contributed by atoms with E-state index in [2.05, 4.69) is 6.58 Å². The molecule has 6 nitrogen and oxygen atoms in total. The number of carbonyl (C=O) groups excluding carboxylic acids is 1. The number of nitrogens with two attached hydrogens (primary N) is 1. The minimum absolute atomic E-state index is 0.0454. The Hall–Kier alpha value is -3.28. The molecule has 0 aliphatic heterocycles. The van der Waals surface area contributed by atoms with Gasteiger partial charge in [-0.05, 0) is 31.2 Å². The largest absolute Gasteiger partial charge is 0.507 e. The van der Waals surface area contributed by atoms with E-state index in [0.29, 0.717) is 28.0 Å². The van der Waals surface area contributed by atoms with Crippen LogP contribution in [0.3, 0.4) is 0 Å². The fraction of sp³-hybridized carbons (Fsp3) is 0.158. The highest BCUT2D eigenvalue weighted by atomic mass is 16.5. The summed E-state index contributed by atoms with van der Waals surface area (Å²) in [7, 11) is 3.74. The number of phenolic OH excluding ortho intramolecular Hbond substituents is 1. The second kappa shape index (κ2) is 7.09. The number of nitrogens with zero attached hydrogens (tertiary/aromatic N) is 1. The Balaban J connectivity index is 2.69. The minimum atomic E-state index is -0.586. The number of nitrogen functional groups attached to an aromatic ring is 1. The molecule has 0 unspecified atom stereocenters. The van der Waals surface area contributed by atoms with Gasteiger partial charge < -0.3 is 20.5 Å². The van der Waals surface area contributed by atoms with E-state index in [1.54, 1.807) is 31.2 Å². The highest BCUT2D eigenvalue weighted by Crippen LogP contribution is 2.39. The van der Waals surface area contributed by atoms with Gasteiger partial charge in [-0.15, -0.1) is 0 Å². The lowest BCUT2D eigenvalue weighted by atomic mass is 9.92. The van der Waals surface area contributed by atoms with Crippen LogP contribution < -0.4 is 15.4 Å². The zero-order valence-corrected chi connectivity index (χ0v) is 14.5. The number of hydrogen-bond acceptors (Lipinski definition) is 5. The maximum Gasteiger partial charge on any atom is 0.335 e. The molecule has 0 radical (unpaired) electrons. The Morgan fingerprint density at radius 1 is 1.32 bits per heavy atom. The van der Waals surface area contributed by atoms with E-state index >= 15 is 0 Å². The zero-order chi connectivity index (χ0) is 18.7. The third-order valence-electron chi connectivity index (χ3n) is 3.85. The fourth-order valence-corrected chi connectivity index (χ4v) is 2.53. The highest BCUT2D eigenvalue weighted by Gasteiger charge is 2.19. The van der Waals surface area contributed by atoms with E-state index < -0.39 is 5.97 Å². The summed E-state index contributed by atoms with van der Waals surface area (Å²) in [5.41, 5.74) is 8.62. The molecule has 0 aromatic heterocycles. The molecular formula is C19H21N3O3. The topological polar surface area (TPSA) is 99.6 Å². The predicted octanol–water partition coefficient (Wildman–Crippen LogP) is 2.81. The van der Waals surface area contributed by atoms with Crippen LogP contribution in [-0.4, -0.2) is 31.0 Å². The molecule has 2 aromatic rings. The van der Waals surface area contributed by atoms with Gasteiger partial charge in [-0.2, -0.15) is 0 Å². The van der Waals surface area contributed by atoms with Gasteiger partial charge in [0.05, 0.1) is 0 Å². The molecule has 0 fully saturated rings. The quantitative estimate of drug-likeness (QED) is 0.256. The van der Waals surface area contributed by atoms with Gasteiger partial charge >= 0.3 is 5.97 Å². The van der Waals surface area contributed by atoms with E-state index in [0.717, 1.165) is 11.8 Å². The van der Waals surface area contributed by atoms with Crippen molar-refractivity contribution in [2.45, 2.75) is 6.92 Å². The molecule has 25 heavy (non-hydrogen) atoms. The first-order valence-corrected chi connectivity index (χ1v) is 7.59. The lowest BCUT2D eigenvalue weighted by Crippen LogP contribution is -2.14. The van der Waals surface area contributed by atoms with Gasteiger partial charge in [0, 0.05) is 54.2 Å². The van der Waals surface area contributed by atoms with Gasteiger partial charge in [-0.3, -0.25) is 5.41 Å². The smallest absolute Gasteiger partial charge is 0.335 e. The lowest BCUT2D eigenvalue weighted by Gasteiger charge is -2.18. The summed E-state index contributed by atoms with van der Waals surface area (Å²) in [5, 5.41) is 18.3. The van der Waals surface area contributed by atoms with Crippen LogP contribution in [0.1, 0.15) is 11.1 Å². The first-order chi connectivity index (χ1) is 11.8. The van der Waals surface area contributed by atoms with E-state index in [1.807, 2.05) is 25.1 Å². The number of phenols is 1. The van der Waals surface area contributed by atoms with Gasteiger partial charge in [0.2, 0.25) is 0 Å². The number of rotatable bonds is 5. The average molecular weight is 339 g/mol. The second-order valence-electron chi connectivity index (χ2n) is 5.75. The van der Waals surface area contributed by atoms with E-state index in [-0.39, 0.29) is 11.6 Å². The molecule has 6 heteroatoms. The van der Waals surface area contributed by atoms with Crippen LogP contribution in [0.5, 0.6) is 11.5 Å². The van der Waals surface area contributed by atoms with Gasteiger partial charge in [-0.25, -0.2) is 4.79 Å². The molecule has 0 saturated carbocycles. The summed E-state index contributed by atoms with van der Waals surface area (Å²) in [6.07, 6.45) is 1.07. The first kappa shape index (κ1) is 18.1. The maximum absolute atomic E-state index is 11.5. The highest BCUT2D eigenvalue weighted by molar-refractivity contribution is 6.03. The number of esters is 1. The van der Waals surface area contributed by atoms with Gasteiger partial charge in [-0.1, -0.05) is 6.58 Å². The van der Waals surface area contributed by atoms with Crippen LogP contribution in [0.15, 0.2) is 43.0 Å². The number of amidine groups is 1. The standard InChI is InChI=1S/C19H21N3O3/c1-5-17(24)25-16-9-8-14(19(20)21)18(11(16)2)13-7-6-12(22(3)4)10-15(13)23/h5-10,23H,1H2,2-4H3,(H3,20,21). The van der Waals surface area contributed by atoms with Gasteiger partial charge in [0.15, 0.2) is 0 Å². The van der Waals surface area contributed by atoms with E-state index in [4.69, 9.17) is 15.9 Å². The molecule has 0 bridgehead atoms. The Morgan fingerprint density at radius 2 is 2.00 bits per heavy atom. The van der Waals surface area contributed by atoms with Crippen molar-refractivity contribution in [3.8, 4) is 22.6 Å². The Labute approximate surface area is 146 Å². The van der Waals surface area contributed by atoms with Crippen LogP contribution in [0, 0.1) is 12.3 Å². The van der Waals surface area contributed by atoms with Crippen LogP contribution in [0.4, 0.5) is 5.69 Å². The molecule has 130 valence electrons. The summed E-state index contributed by atoms with van der Waals surface area (Å²) in [4.78, 5) is 13.4. The van der Waals surface area contributed by atoms with E-state index in [1.165, 1.54) is 0 Å². The summed E-state index contributed by atoms with van der Waals surface area (Å²) in [6, 6.07) is 8.39. The molecule has 4 N–H and O–H groups in total. The molecule has 0 saturated heterocycles. The Bertz CT molecular complexity index is 857. The van der Waals surface area contributed by atoms with Crippen molar-refractivity contribution in [1.82, 2.24) is 0 Å². The molecule has 2 aromatic carbocycles. The zero-order valence-electron chi connectivity index (χ0n) is 14.5. The average Bonchev–Trinajstić information content (AvgIpc) is 2.56. The van der Waals surface area contributed by atoms with Crippen LogP contribution in [0.25, 0.3) is 11.1 Å². The minimum Gasteiger partial charge on any atom is -0.507 e. The Kier molecular flexibility index (Phi) is 5.12. The number of benzene rings is 2. The van der Waals surface area contributed by atoms with Crippen molar-refractivity contribution in [2.24, 2.45) is 5.73 Å². The summed E-state index contributed by atoms with van der Waals surface area (Å²) >= 11 is 0. The lowest BCUT2D eigenvalue weighted by molar-refractivity contribution is -0.129. The molecule has 0 amide bonds. The Morgan fingerprint density at radius 3 is 2.52 bits per heavy atom. The molecule has 2 rings (SSSR count). The molecule has 0 heterocycles. The van der Waals surface area contributed by atoms with Crippen LogP contribution >= 0.6 is 0 Å². The number of carbonyl (C=O) groups is 1. The van der Waals surface area contributed by atoms with Crippen molar-refractivity contribution in [3.63, 3.8) is 0 Å². The number of nitrogens with one attached hydrogen (secondary N) is 1. The first-order valence-electron chi connectivity index (χ1n) is 7.59. The van der Waals surface area contributed by atoms with Gasteiger partial charge in [0.1, 0.15) is 17.3 Å². The SMILES string of the molecule is C=CC(=O)Oc1ccc(C(=N)N)c(-c2ccc(N(C)C)cc2O)c1C. The maximum atomic E-state index is 11.5. The fourth-order valence-electron chi connectivity index (χ4n) is 2.53. The number of aromatic hydroxyl groups is 1. The van der Waals surface area contributed by atoms with Crippen molar-refractivity contribution in [3.05, 3.63) is 54.1 Å². The normalized spacial score (nSPS) is 10.2. The van der Waals surface area contributed by atoms with Crippen LogP contribution in [-0.2, 0) is 4.79 Å². The summed E-state index contributed by atoms with van der Waals surface area (Å²) < 4.78 is 5.23. The number of anilines is 1. The van der Waals surface area contributed by atoms with Crippen molar-refractivity contribution in [2.75, 3.05) is 19.0 Å². The van der Waals surface area contributed by atoms with Crippen molar-refractivity contribution < 1.29 is 14.6 Å². The second-order valence-corrected chi connectivity index (χ2v) is 5.75. The molecular weight excluding hydrogens is 318 g/mol. The van der Waals surface area contributed by atoms with E-state index in [9.17, 15) is 9.90 Å². The number of ether oxygens (including phenoxy) is 1. The third-order valence-corrected chi connectivity index (χ3v) is 3.85. The van der Waals surface area contributed by atoms with Crippen molar-refractivity contribution in [1.29, 1.82) is 5.41 Å². The molecule has 0 spiro atoms. The van der Waals surface area contributed by atoms with Crippen LogP contribution in [0.2, 0.25) is 0 Å². The summed E-state index contributed by atoms with van der Waals surface area (Å²) in [6.45, 7) is 5.12. The molecule has 0 aliphatic rings. The van der Waals surface area contributed by atoms with Crippen molar-refractivity contribution >= 4 is 17.5 Å². The number of hydrogen-bond donors (Lipinski definition) is 3. The molecule has 0 aliphatic carbocycles. The van der Waals surface area contributed by atoms with Gasteiger partial charge in [0.25, 0.3) is 0 Å². The monoisotopic (exact) mass is 339 g/mol. The molecule has 0 atom stereocenters. The third kappa shape index (κ3) is 3.63. The summed E-state index contributed by atoms with van der Waals surface area (Å²) in [5.74, 6) is -0.363.